The van der Waals surface area contributed by atoms with Gasteiger partial charge < -0.3 is 0 Å². The molecule has 0 saturated carbocycles. The number of halogens is 3. The summed E-state index contributed by atoms with van der Waals surface area (Å²) in [6.45, 7) is 3.24. The van der Waals surface area contributed by atoms with E-state index in [1.807, 2.05) is 0 Å². The molecule has 1 atom stereocenters. The summed E-state index contributed by atoms with van der Waals surface area (Å²) in [6.07, 6.45) is 1.58. The number of nitrogens with zero attached hydrogens (tertiary/aromatic N) is 3. The Hall–Kier alpha value is -2.01. The molecule has 6 heteroatoms. The smallest absolute Gasteiger partial charge is 0.164 e. The van der Waals surface area contributed by atoms with Crippen LogP contribution in [-0.2, 0) is 0 Å². The first-order valence-electron chi connectivity index (χ1n) is 6.42. The Labute approximate surface area is 125 Å². The summed E-state index contributed by atoms with van der Waals surface area (Å²) in [7, 11) is 0. The Kier molecular flexibility index (Phi) is 3.37. The van der Waals surface area contributed by atoms with Crippen molar-refractivity contribution in [1.29, 1.82) is 0 Å². The molecule has 3 aromatic rings. The topological polar surface area (TPSA) is 30.7 Å². The van der Waals surface area contributed by atoms with Gasteiger partial charge in [-0.3, -0.25) is 4.57 Å². The first kappa shape index (κ1) is 13.9. The summed E-state index contributed by atoms with van der Waals surface area (Å²) < 4.78 is 29.6. The fourth-order valence-corrected chi connectivity index (χ4v) is 2.39. The molecule has 1 aromatic carbocycles. The SMILES string of the molecule is Cc1cc(F)c(-n2c(C(C)Cl)nc3cccnc32)cc1F. The number of benzene rings is 1. The molecule has 0 aliphatic heterocycles. The molecule has 3 rings (SSSR count). The van der Waals surface area contributed by atoms with Gasteiger partial charge in [0.1, 0.15) is 23.0 Å². The third-order valence-corrected chi connectivity index (χ3v) is 3.46. The number of hydrogen-bond acceptors (Lipinski definition) is 2. The van der Waals surface area contributed by atoms with Gasteiger partial charge in [0.2, 0.25) is 0 Å². The normalized spacial score (nSPS) is 12.8. The highest BCUT2D eigenvalue weighted by Gasteiger charge is 2.20. The van der Waals surface area contributed by atoms with Crippen LogP contribution in [0.5, 0.6) is 0 Å². The second kappa shape index (κ2) is 5.07. The van der Waals surface area contributed by atoms with Gasteiger partial charge in [-0.15, -0.1) is 11.6 Å². The highest BCUT2D eigenvalue weighted by molar-refractivity contribution is 6.20. The third-order valence-electron chi connectivity index (χ3n) is 3.27. The number of pyridine rings is 1. The van der Waals surface area contributed by atoms with Crippen LogP contribution in [0.3, 0.4) is 0 Å². The van der Waals surface area contributed by atoms with Crippen LogP contribution in [0.25, 0.3) is 16.9 Å². The molecule has 0 fully saturated rings. The quantitative estimate of drug-likeness (QED) is 0.661. The second-order valence-corrected chi connectivity index (χ2v) is 5.48. The van der Waals surface area contributed by atoms with Crippen molar-refractivity contribution in [2.24, 2.45) is 0 Å². The van der Waals surface area contributed by atoms with Gasteiger partial charge in [-0.2, -0.15) is 0 Å². The number of alkyl halides is 1. The van der Waals surface area contributed by atoms with Crippen LogP contribution >= 0.6 is 11.6 Å². The van der Waals surface area contributed by atoms with Crippen molar-refractivity contribution in [3.8, 4) is 5.69 Å². The molecule has 1 unspecified atom stereocenters. The van der Waals surface area contributed by atoms with E-state index in [1.165, 1.54) is 11.5 Å². The molecule has 3 nitrogen and oxygen atoms in total. The summed E-state index contributed by atoms with van der Waals surface area (Å²) in [4.78, 5) is 8.57. The molecule has 0 spiro atoms. The van der Waals surface area contributed by atoms with Gasteiger partial charge in [0.05, 0.1) is 11.1 Å². The van der Waals surface area contributed by atoms with Crippen molar-refractivity contribution in [3.63, 3.8) is 0 Å². The lowest BCUT2D eigenvalue weighted by Crippen LogP contribution is -2.06. The van der Waals surface area contributed by atoms with Gasteiger partial charge in [0.15, 0.2) is 5.65 Å². The highest BCUT2D eigenvalue weighted by Crippen LogP contribution is 2.29. The summed E-state index contributed by atoms with van der Waals surface area (Å²) in [5.74, 6) is -0.609. The van der Waals surface area contributed by atoms with Crippen molar-refractivity contribution >= 4 is 22.8 Å². The van der Waals surface area contributed by atoms with Gasteiger partial charge in [0, 0.05) is 12.3 Å². The molecular formula is C15H12ClF2N3. The summed E-state index contributed by atoms with van der Waals surface area (Å²) in [5, 5.41) is -0.469. The van der Waals surface area contributed by atoms with Crippen molar-refractivity contribution < 1.29 is 8.78 Å². The highest BCUT2D eigenvalue weighted by atomic mass is 35.5. The Balaban J connectivity index is 2.38. The minimum atomic E-state index is -0.544. The molecule has 2 aromatic heterocycles. The van der Waals surface area contributed by atoms with Crippen molar-refractivity contribution in [1.82, 2.24) is 14.5 Å². The van der Waals surface area contributed by atoms with E-state index in [9.17, 15) is 8.78 Å². The van der Waals surface area contributed by atoms with E-state index < -0.39 is 17.0 Å². The van der Waals surface area contributed by atoms with Crippen molar-refractivity contribution in [2.75, 3.05) is 0 Å². The average Bonchev–Trinajstić information content (AvgIpc) is 2.82. The Morgan fingerprint density at radius 3 is 2.71 bits per heavy atom. The fraction of sp³-hybridized carbons (Fsp3) is 0.200. The zero-order chi connectivity index (χ0) is 15.1. The van der Waals surface area contributed by atoms with Crippen LogP contribution in [0, 0.1) is 18.6 Å². The predicted octanol–water partition coefficient (Wildman–Crippen LogP) is 4.31. The summed E-state index contributed by atoms with van der Waals surface area (Å²) in [6, 6.07) is 5.78. The van der Waals surface area contributed by atoms with Gasteiger partial charge in [-0.1, -0.05) is 0 Å². The van der Waals surface area contributed by atoms with Crippen LogP contribution in [0.1, 0.15) is 23.7 Å². The molecule has 0 aliphatic rings. The zero-order valence-electron chi connectivity index (χ0n) is 11.4. The lowest BCUT2D eigenvalue weighted by Gasteiger charge is -2.12. The van der Waals surface area contributed by atoms with E-state index in [1.54, 1.807) is 25.3 Å². The zero-order valence-corrected chi connectivity index (χ0v) is 12.2. The minimum absolute atomic E-state index is 0.0572. The summed E-state index contributed by atoms with van der Waals surface area (Å²) in [5.41, 5.74) is 1.33. The first-order chi connectivity index (χ1) is 9.99. The van der Waals surface area contributed by atoms with E-state index in [2.05, 4.69) is 9.97 Å². The van der Waals surface area contributed by atoms with E-state index in [-0.39, 0.29) is 11.3 Å². The van der Waals surface area contributed by atoms with Crippen LogP contribution in [0.2, 0.25) is 0 Å². The standard InChI is InChI=1S/C15H12ClF2N3/c1-8-6-11(18)13(7-10(8)17)21-14(9(2)16)20-12-4-3-5-19-15(12)21/h3-7,9H,1-2H3. The van der Waals surface area contributed by atoms with Gasteiger partial charge in [-0.25, -0.2) is 18.7 Å². The van der Waals surface area contributed by atoms with E-state index in [4.69, 9.17) is 11.6 Å². The molecule has 0 bridgehead atoms. The first-order valence-corrected chi connectivity index (χ1v) is 6.86. The number of aromatic nitrogens is 3. The number of fused-ring (bicyclic) bond motifs is 1. The molecular weight excluding hydrogens is 296 g/mol. The van der Waals surface area contributed by atoms with Crippen molar-refractivity contribution in [3.05, 3.63) is 53.5 Å². The van der Waals surface area contributed by atoms with Gasteiger partial charge in [0.25, 0.3) is 0 Å². The second-order valence-electron chi connectivity index (χ2n) is 4.82. The maximum Gasteiger partial charge on any atom is 0.164 e. The molecule has 0 amide bonds. The molecule has 21 heavy (non-hydrogen) atoms. The summed E-state index contributed by atoms with van der Waals surface area (Å²) >= 11 is 6.13. The largest absolute Gasteiger partial charge is 0.276 e. The molecule has 0 saturated heterocycles. The fourth-order valence-electron chi connectivity index (χ4n) is 2.24. The van der Waals surface area contributed by atoms with Gasteiger partial charge in [-0.05, 0) is 37.6 Å². The molecule has 0 radical (unpaired) electrons. The van der Waals surface area contributed by atoms with Crippen LogP contribution in [0.4, 0.5) is 8.78 Å². The average molecular weight is 308 g/mol. The van der Waals surface area contributed by atoms with Crippen LogP contribution < -0.4 is 0 Å². The van der Waals surface area contributed by atoms with Crippen molar-refractivity contribution in [2.45, 2.75) is 19.2 Å². The van der Waals surface area contributed by atoms with Crippen LogP contribution in [-0.4, -0.2) is 14.5 Å². The Bertz CT molecular complexity index is 827. The number of hydrogen-bond donors (Lipinski definition) is 0. The van der Waals surface area contributed by atoms with E-state index in [0.717, 1.165) is 12.1 Å². The predicted molar refractivity (Wildman–Crippen MR) is 77.8 cm³/mol. The molecule has 0 aliphatic carbocycles. The monoisotopic (exact) mass is 307 g/mol. The minimum Gasteiger partial charge on any atom is -0.276 e. The van der Waals surface area contributed by atoms with Crippen LogP contribution in [0.15, 0.2) is 30.5 Å². The molecule has 0 N–H and O–H groups in total. The lowest BCUT2D eigenvalue weighted by atomic mass is 10.2. The van der Waals surface area contributed by atoms with E-state index in [0.29, 0.717) is 17.0 Å². The van der Waals surface area contributed by atoms with E-state index >= 15 is 0 Å². The Morgan fingerprint density at radius 2 is 2.00 bits per heavy atom. The maximum atomic E-state index is 14.3. The number of rotatable bonds is 2. The lowest BCUT2D eigenvalue weighted by molar-refractivity contribution is 0.584. The number of imidazole rings is 1. The molecule has 2 heterocycles. The maximum absolute atomic E-state index is 14.3. The van der Waals surface area contributed by atoms with Gasteiger partial charge >= 0.3 is 0 Å². The molecule has 108 valence electrons. The third kappa shape index (κ3) is 2.27. The number of aryl methyl sites for hydroxylation is 1. The Morgan fingerprint density at radius 1 is 1.24 bits per heavy atom.